The van der Waals surface area contributed by atoms with Crippen molar-refractivity contribution in [3.63, 3.8) is 0 Å². The molecule has 2 aromatic rings. The Balaban J connectivity index is 2.30. The molecule has 1 aliphatic rings. The minimum absolute atomic E-state index is 0.0163. The fraction of sp³-hybridized carbons (Fsp3) is 0.308. The van der Waals surface area contributed by atoms with E-state index >= 15 is 0 Å². The quantitative estimate of drug-likeness (QED) is 0.262. The molecule has 0 bridgehead atoms. The van der Waals surface area contributed by atoms with E-state index in [4.69, 9.17) is 4.84 Å². The summed E-state index contributed by atoms with van der Waals surface area (Å²) in [6, 6.07) is 6.65. The van der Waals surface area contributed by atoms with E-state index in [1.54, 1.807) is 0 Å². The van der Waals surface area contributed by atoms with E-state index in [0.29, 0.717) is 0 Å². The van der Waals surface area contributed by atoms with E-state index in [1.807, 2.05) is 0 Å². The lowest BCUT2D eigenvalue weighted by Gasteiger charge is -2.50. The highest BCUT2D eigenvalue weighted by molar-refractivity contribution is 5.98. The molecule has 0 saturated carbocycles. The Labute approximate surface area is 233 Å². The molecule has 0 spiro atoms. The molecule has 1 aromatic heterocycles. The van der Waals surface area contributed by atoms with Gasteiger partial charge in [-0.05, 0) is 44.9 Å². The number of aromatic nitrogens is 1. The molecule has 41 heavy (non-hydrogen) atoms. The first-order valence-electron chi connectivity index (χ1n) is 12.2. The third kappa shape index (κ3) is 5.68. The van der Waals surface area contributed by atoms with Crippen molar-refractivity contribution in [2.45, 2.75) is 51.8 Å². The third-order valence-electron chi connectivity index (χ3n) is 6.97. The smallest absolute Gasteiger partial charge is 0.334 e. The number of nitrogens with one attached hydrogen (secondary N) is 1. The van der Waals surface area contributed by atoms with Gasteiger partial charge in [0.05, 0.1) is 33.6 Å². The maximum absolute atomic E-state index is 13.0. The van der Waals surface area contributed by atoms with Crippen LogP contribution in [0.3, 0.4) is 0 Å². The molecule has 3 N–H and O–H groups in total. The van der Waals surface area contributed by atoms with Gasteiger partial charge < -0.3 is 20.4 Å². The zero-order valence-corrected chi connectivity index (χ0v) is 22.4. The van der Waals surface area contributed by atoms with Crippen molar-refractivity contribution in [1.82, 2.24) is 15.2 Å². The Bertz CT molecular complexity index is 1430. The van der Waals surface area contributed by atoms with Gasteiger partial charge in [-0.25, -0.2) is 9.59 Å². The number of carboxylic acid groups (broad SMARTS) is 2. The van der Waals surface area contributed by atoms with Gasteiger partial charge in [0.2, 0.25) is 5.72 Å². The standard InChI is InChI=1S/C26H27N5O10/c1-5-26(41-31(39)40,16(4)28-23(32)18-9-7-11-27-13-18)29-14(2)20(24(33)34)22(21(15(29)3)25(35)36)17-8-6-10-19(12-17)30(37)38/h6-13,16,22H,5H2,1-4H3,(H,28,32)(H,33,34)(H,35,36). The molecule has 3 rings (SSSR count). The van der Waals surface area contributed by atoms with Gasteiger partial charge in [-0.2, -0.15) is 0 Å². The van der Waals surface area contributed by atoms with Crippen molar-refractivity contribution in [3.8, 4) is 0 Å². The number of allylic oxidation sites excluding steroid dienone is 2. The minimum atomic E-state index is -2.12. The monoisotopic (exact) mass is 569 g/mol. The number of carbonyl (C=O) groups excluding carboxylic acids is 1. The molecular weight excluding hydrogens is 542 g/mol. The number of rotatable bonds is 11. The predicted molar refractivity (Wildman–Crippen MR) is 141 cm³/mol. The van der Waals surface area contributed by atoms with Crippen LogP contribution in [0.15, 0.2) is 71.3 Å². The van der Waals surface area contributed by atoms with Crippen molar-refractivity contribution in [2.24, 2.45) is 0 Å². The van der Waals surface area contributed by atoms with Gasteiger partial charge in [-0.1, -0.05) is 19.1 Å². The summed E-state index contributed by atoms with van der Waals surface area (Å²) in [5.41, 5.74) is -3.60. The predicted octanol–water partition coefficient (Wildman–Crippen LogP) is 3.24. The van der Waals surface area contributed by atoms with E-state index in [1.165, 1.54) is 70.4 Å². The maximum Gasteiger partial charge on any atom is 0.334 e. The highest BCUT2D eigenvalue weighted by Crippen LogP contribution is 2.47. The summed E-state index contributed by atoms with van der Waals surface area (Å²) in [6.07, 6.45) is 2.50. The van der Waals surface area contributed by atoms with Gasteiger partial charge in [0.25, 0.3) is 16.7 Å². The SMILES string of the molecule is CCC(O[N+](=O)[O-])(C(C)NC(=O)c1cccnc1)N1C(C)=C(C(=O)O)C(c2cccc([N+](=O)[O-])c2)C(C(=O)O)=C1C. The van der Waals surface area contributed by atoms with Gasteiger partial charge in [0.15, 0.2) is 0 Å². The molecule has 2 heterocycles. The number of nitrogens with zero attached hydrogens (tertiary/aromatic N) is 4. The lowest BCUT2D eigenvalue weighted by molar-refractivity contribution is -0.789. The van der Waals surface area contributed by atoms with Gasteiger partial charge in [0.1, 0.15) is 0 Å². The summed E-state index contributed by atoms with van der Waals surface area (Å²) in [7, 11) is 0. The van der Waals surface area contributed by atoms with Gasteiger partial charge in [-0.3, -0.25) is 24.7 Å². The summed E-state index contributed by atoms with van der Waals surface area (Å²) in [4.78, 5) is 71.0. The fourth-order valence-electron chi connectivity index (χ4n) is 5.19. The number of hydrogen-bond acceptors (Lipinski definition) is 10. The summed E-state index contributed by atoms with van der Waals surface area (Å²) in [5, 5.41) is 45.3. The highest BCUT2D eigenvalue weighted by Gasteiger charge is 2.51. The van der Waals surface area contributed by atoms with E-state index in [9.17, 15) is 44.8 Å². The van der Waals surface area contributed by atoms with Crippen LogP contribution in [0.2, 0.25) is 0 Å². The van der Waals surface area contributed by atoms with Crippen LogP contribution < -0.4 is 5.32 Å². The number of nitro groups is 1. The van der Waals surface area contributed by atoms with Crippen LogP contribution in [0.25, 0.3) is 0 Å². The molecule has 2 atom stereocenters. The van der Waals surface area contributed by atoms with E-state index < -0.39 is 56.7 Å². The molecule has 0 radical (unpaired) electrons. The molecular formula is C26H27N5O10. The first-order valence-corrected chi connectivity index (χ1v) is 12.2. The number of carboxylic acids is 2. The third-order valence-corrected chi connectivity index (χ3v) is 6.97. The zero-order chi connectivity index (χ0) is 30.6. The Hall–Kier alpha value is -5.34. The highest BCUT2D eigenvalue weighted by atomic mass is 17.0. The molecule has 1 aromatic carbocycles. The van der Waals surface area contributed by atoms with Crippen LogP contribution in [-0.2, 0) is 14.4 Å². The lowest BCUT2D eigenvalue weighted by Crippen LogP contribution is -2.63. The topological polar surface area (TPSA) is 215 Å². The fourth-order valence-corrected chi connectivity index (χ4v) is 5.19. The van der Waals surface area contributed by atoms with Crippen molar-refractivity contribution in [2.75, 3.05) is 0 Å². The zero-order valence-electron chi connectivity index (χ0n) is 22.4. The van der Waals surface area contributed by atoms with Crippen LogP contribution in [0.4, 0.5) is 5.69 Å². The van der Waals surface area contributed by atoms with Crippen LogP contribution in [0.5, 0.6) is 0 Å². The number of hydrogen-bond donors (Lipinski definition) is 3. The lowest BCUT2D eigenvalue weighted by atomic mass is 9.78. The second-order valence-electron chi connectivity index (χ2n) is 9.18. The summed E-state index contributed by atoms with van der Waals surface area (Å²) >= 11 is 0. The Morgan fingerprint density at radius 2 is 1.71 bits per heavy atom. The second-order valence-corrected chi connectivity index (χ2v) is 9.18. The second kappa shape index (κ2) is 11.8. The molecule has 1 amide bonds. The van der Waals surface area contributed by atoms with Crippen LogP contribution >= 0.6 is 0 Å². The van der Waals surface area contributed by atoms with Crippen LogP contribution in [0, 0.1) is 20.2 Å². The molecule has 2 unspecified atom stereocenters. The number of aliphatic carboxylic acids is 2. The average molecular weight is 570 g/mol. The number of nitro benzene ring substituents is 1. The number of amides is 1. The van der Waals surface area contributed by atoms with Crippen LogP contribution in [-0.4, -0.2) is 59.7 Å². The van der Waals surface area contributed by atoms with Gasteiger partial charge in [0, 0.05) is 35.9 Å². The largest absolute Gasteiger partial charge is 0.478 e. The summed E-state index contributed by atoms with van der Waals surface area (Å²) in [6.45, 7) is 5.53. The van der Waals surface area contributed by atoms with Crippen molar-refractivity contribution < 1.29 is 39.4 Å². The maximum atomic E-state index is 13.0. The van der Waals surface area contributed by atoms with Crippen molar-refractivity contribution >= 4 is 23.5 Å². The normalized spacial score (nSPS) is 16.0. The first kappa shape index (κ1) is 30.2. The molecule has 15 heteroatoms. The van der Waals surface area contributed by atoms with Gasteiger partial charge in [-0.15, -0.1) is 10.1 Å². The van der Waals surface area contributed by atoms with E-state index in [0.717, 1.165) is 11.0 Å². The van der Waals surface area contributed by atoms with E-state index in [-0.39, 0.29) is 34.6 Å². The van der Waals surface area contributed by atoms with Crippen LogP contribution in [0.1, 0.15) is 56.0 Å². The molecule has 216 valence electrons. The number of carbonyl (C=O) groups is 3. The number of benzene rings is 1. The first-order chi connectivity index (χ1) is 19.3. The van der Waals surface area contributed by atoms with Crippen molar-refractivity contribution in [1.29, 1.82) is 0 Å². The number of pyridine rings is 1. The Morgan fingerprint density at radius 1 is 1.10 bits per heavy atom. The Morgan fingerprint density at radius 3 is 2.17 bits per heavy atom. The minimum Gasteiger partial charge on any atom is -0.478 e. The van der Waals surface area contributed by atoms with Gasteiger partial charge >= 0.3 is 11.9 Å². The molecule has 0 fully saturated rings. The molecule has 0 saturated heterocycles. The van der Waals surface area contributed by atoms with E-state index in [2.05, 4.69) is 10.3 Å². The Kier molecular flexibility index (Phi) is 8.70. The summed E-state index contributed by atoms with van der Waals surface area (Å²) in [5.74, 6) is -5.27. The molecule has 15 nitrogen and oxygen atoms in total. The molecule has 0 aliphatic carbocycles. The molecule has 1 aliphatic heterocycles. The average Bonchev–Trinajstić information content (AvgIpc) is 2.91. The number of non-ortho nitro benzene ring substituents is 1. The van der Waals surface area contributed by atoms with Crippen molar-refractivity contribution in [3.05, 3.63) is 103 Å². The summed E-state index contributed by atoms with van der Waals surface area (Å²) < 4.78 is 0.